The van der Waals surface area contributed by atoms with Crippen LogP contribution in [0.4, 0.5) is 4.79 Å². The molecule has 0 aromatic heterocycles. The third kappa shape index (κ3) is 7.72. The molecule has 0 aromatic rings. The summed E-state index contributed by atoms with van der Waals surface area (Å²) >= 11 is 0. The molecule has 0 bridgehead atoms. The Morgan fingerprint density at radius 2 is 1.58 bits per heavy atom. The van der Waals surface area contributed by atoms with E-state index >= 15 is 0 Å². The number of nitrogens with one attached hydrogen (secondary N) is 2. The molecule has 0 heterocycles. The van der Waals surface area contributed by atoms with Crippen LogP contribution in [0.2, 0.25) is 0 Å². The molecule has 2 unspecified atom stereocenters. The Hall–Kier alpha value is -1.79. The highest BCUT2D eigenvalue weighted by Gasteiger charge is 2.60. The Labute approximate surface area is 262 Å². The average Bonchev–Trinajstić information content (AvgIpc) is 3.24. The summed E-state index contributed by atoms with van der Waals surface area (Å²) in [5, 5.41) is 5.76. The molecule has 246 valence electrons. The fourth-order valence-electron chi connectivity index (χ4n) is 10.6. The summed E-state index contributed by atoms with van der Waals surface area (Å²) in [6.07, 6.45) is 14.3. The first-order chi connectivity index (χ1) is 20.0. The Bertz CT molecular complexity index is 1010. The highest BCUT2D eigenvalue weighted by atomic mass is 16.6. The van der Waals surface area contributed by atoms with Gasteiger partial charge in [0.2, 0.25) is 11.8 Å². The van der Waals surface area contributed by atoms with Crippen LogP contribution >= 0.6 is 0 Å². The lowest BCUT2D eigenvalue weighted by molar-refractivity contribution is -0.131. The van der Waals surface area contributed by atoms with Crippen molar-refractivity contribution in [2.75, 3.05) is 0 Å². The minimum absolute atomic E-state index is 0.0503. The van der Waals surface area contributed by atoms with E-state index in [4.69, 9.17) is 10.5 Å². The highest BCUT2D eigenvalue weighted by molar-refractivity contribution is 5.90. The highest BCUT2D eigenvalue weighted by Crippen LogP contribution is 2.68. The van der Waals surface area contributed by atoms with Gasteiger partial charge in [0, 0.05) is 6.04 Å². The Morgan fingerprint density at radius 1 is 0.907 bits per heavy atom. The van der Waals surface area contributed by atoms with Crippen molar-refractivity contribution in [2.24, 2.45) is 58.0 Å². The third-order valence-corrected chi connectivity index (χ3v) is 12.6. The zero-order valence-electron chi connectivity index (χ0n) is 28.6. The maximum absolute atomic E-state index is 13.3. The van der Waals surface area contributed by atoms with Crippen molar-refractivity contribution < 1.29 is 19.1 Å². The van der Waals surface area contributed by atoms with E-state index in [1.54, 1.807) is 20.8 Å². The predicted octanol–water partition coefficient (Wildman–Crippen LogP) is 7.36. The van der Waals surface area contributed by atoms with Crippen molar-refractivity contribution in [3.05, 3.63) is 0 Å². The number of rotatable bonds is 10. The van der Waals surface area contributed by atoms with Gasteiger partial charge in [0.25, 0.3) is 0 Å². The van der Waals surface area contributed by atoms with E-state index in [-0.39, 0.29) is 18.4 Å². The van der Waals surface area contributed by atoms with E-state index in [9.17, 15) is 14.4 Å². The molecule has 4 N–H and O–H groups in total. The van der Waals surface area contributed by atoms with Crippen LogP contribution in [0.15, 0.2) is 0 Å². The smallest absolute Gasteiger partial charge is 0.408 e. The quantitative estimate of drug-likeness (QED) is 0.243. The summed E-state index contributed by atoms with van der Waals surface area (Å²) in [5.74, 6) is 4.63. The van der Waals surface area contributed by atoms with Gasteiger partial charge in [0.1, 0.15) is 11.6 Å². The van der Waals surface area contributed by atoms with Gasteiger partial charge in [0.15, 0.2) is 0 Å². The summed E-state index contributed by atoms with van der Waals surface area (Å²) in [5.41, 5.74) is 5.55. The lowest BCUT2D eigenvalue weighted by Crippen LogP contribution is -2.57. The molecule has 0 radical (unpaired) electrons. The first kappa shape index (κ1) is 34.1. The molecular formula is C36H63N3O4. The second-order valence-corrected chi connectivity index (χ2v) is 17.0. The van der Waals surface area contributed by atoms with Crippen LogP contribution in [-0.2, 0) is 14.3 Å². The second-order valence-electron chi connectivity index (χ2n) is 17.0. The topological polar surface area (TPSA) is 111 Å². The zero-order chi connectivity index (χ0) is 31.7. The van der Waals surface area contributed by atoms with Gasteiger partial charge < -0.3 is 21.1 Å². The van der Waals surface area contributed by atoms with E-state index < -0.39 is 23.6 Å². The number of carbonyl (C=O) groups excluding carboxylic acids is 3. The fourth-order valence-corrected chi connectivity index (χ4v) is 10.6. The van der Waals surface area contributed by atoms with E-state index in [0.717, 1.165) is 54.8 Å². The van der Waals surface area contributed by atoms with E-state index in [1.807, 2.05) is 0 Å². The number of carbonyl (C=O) groups is 3. The number of ether oxygens (including phenoxy) is 1. The van der Waals surface area contributed by atoms with Gasteiger partial charge >= 0.3 is 6.09 Å². The first-order valence-corrected chi connectivity index (χ1v) is 17.6. The fraction of sp³-hybridized carbons (Fsp3) is 0.917. The summed E-state index contributed by atoms with van der Waals surface area (Å²) < 4.78 is 5.32. The molecule has 7 nitrogen and oxygen atoms in total. The number of fused-ring (bicyclic) bond motifs is 5. The number of primary amides is 1. The molecule has 0 aliphatic heterocycles. The van der Waals surface area contributed by atoms with Crippen molar-refractivity contribution in [1.82, 2.24) is 10.6 Å². The molecule has 7 heteroatoms. The van der Waals surface area contributed by atoms with Crippen molar-refractivity contribution in [1.29, 1.82) is 0 Å². The van der Waals surface area contributed by atoms with Crippen LogP contribution in [-0.4, -0.2) is 35.6 Å². The third-order valence-electron chi connectivity index (χ3n) is 12.6. The van der Waals surface area contributed by atoms with E-state index in [0.29, 0.717) is 16.7 Å². The molecule has 43 heavy (non-hydrogen) atoms. The summed E-state index contributed by atoms with van der Waals surface area (Å²) in [7, 11) is 0. The molecule has 0 saturated heterocycles. The number of amides is 3. The maximum atomic E-state index is 13.3. The van der Waals surface area contributed by atoms with Gasteiger partial charge in [-0.2, -0.15) is 0 Å². The number of nitrogens with two attached hydrogens (primary N) is 1. The Balaban J connectivity index is 1.36. The van der Waals surface area contributed by atoms with E-state index in [2.05, 4.69) is 45.3 Å². The molecule has 4 rings (SSSR count). The number of hydrogen-bond acceptors (Lipinski definition) is 4. The summed E-state index contributed by atoms with van der Waals surface area (Å²) in [6, 6.07) is -0.982. The van der Waals surface area contributed by atoms with Gasteiger partial charge in [0.05, 0.1) is 6.42 Å². The van der Waals surface area contributed by atoms with Crippen LogP contribution < -0.4 is 16.4 Å². The van der Waals surface area contributed by atoms with Crippen LogP contribution in [0.25, 0.3) is 0 Å². The minimum Gasteiger partial charge on any atom is -0.444 e. The maximum Gasteiger partial charge on any atom is 0.408 e. The summed E-state index contributed by atoms with van der Waals surface area (Å²) in [6.45, 7) is 17.8. The average molecular weight is 602 g/mol. The minimum atomic E-state index is -1.03. The molecular weight excluding hydrogens is 538 g/mol. The SMILES string of the molecule is CC(C)CCC[C@@H](C)[C@H]1CC[C@H]2[C@@H]3CCC4CC(NC(=O)[C@H](CC(N)=O)NC(=O)OC(C)(C)C)CC[C@]4(C)[C@H]3CC[C@]12C. The van der Waals surface area contributed by atoms with Crippen LogP contribution in [0, 0.1) is 52.3 Å². The largest absolute Gasteiger partial charge is 0.444 e. The number of hydrogen-bond donors (Lipinski definition) is 3. The molecule has 10 atom stereocenters. The lowest BCUT2D eigenvalue weighted by atomic mass is 9.44. The normalized spacial score (nSPS) is 37.0. The van der Waals surface area contributed by atoms with Crippen LogP contribution in [0.1, 0.15) is 139 Å². The Morgan fingerprint density at radius 3 is 2.23 bits per heavy atom. The molecule has 4 aliphatic carbocycles. The van der Waals surface area contributed by atoms with Crippen LogP contribution in [0.5, 0.6) is 0 Å². The van der Waals surface area contributed by atoms with Gasteiger partial charge in [-0.05, 0) is 131 Å². The second kappa shape index (κ2) is 13.3. The van der Waals surface area contributed by atoms with Gasteiger partial charge in [-0.3, -0.25) is 9.59 Å². The predicted molar refractivity (Wildman–Crippen MR) is 172 cm³/mol. The van der Waals surface area contributed by atoms with Crippen molar-refractivity contribution >= 4 is 17.9 Å². The molecule has 0 aromatic carbocycles. The van der Waals surface area contributed by atoms with Gasteiger partial charge in [-0.15, -0.1) is 0 Å². The zero-order valence-corrected chi connectivity index (χ0v) is 28.6. The Kier molecular flexibility index (Phi) is 10.5. The molecule has 0 spiro atoms. The molecule has 4 aliphatic rings. The van der Waals surface area contributed by atoms with Gasteiger partial charge in [-0.25, -0.2) is 4.79 Å². The molecule has 4 saturated carbocycles. The van der Waals surface area contributed by atoms with Crippen molar-refractivity contribution in [3.8, 4) is 0 Å². The molecule has 4 fully saturated rings. The summed E-state index contributed by atoms with van der Waals surface area (Å²) in [4.78, 5) is 37.4. The van der Waals surface area contributed by atoms with E-state index in [1.165, 1.54) is 57.8 Å². The lowest BCUT2D eigenvalue weighted by Gasteiger charge is -2.61. The van der Waals surface area contributed by atoms with Crippen LogP contribution in [0.3, 0.4) is 0 Å². The van der Waals surface area contributed by atoms with Crippen molar-refractivity contribution in [2.45, 2.75) is 157 Å². The number of alkyl carbamates (subject to hydrolysis) is 1. The van der Waals surface area contributed by atoms with Crippen molar-refractivity contribution in [3.63, 3.8) is 0 Å². The monoisotopic (exact) mass is 601 g/mol. The first-order valence-electron chi connectivity index (χ1n) is 17.6. The standard InChI is InChI=1S/C36H63N3O4/c1-22(2)10-9-11-23(3)27-14-15-28-26-13-12-24-20-25(16-18-35(24,7)29(26)17-19-36(27,28)8)38-32(41)30(21-31(37)40)39-33(42)43-34(4,5)6/h22-30H,9-21H2,1-8H3,(H2,37,40)(H,38,41)(H,39,42)/t23-,24?,25?,26+,27-,28+,29+,30+,35+,36-/m1/s1. The van der Waals surface area contributed by atoms with Gasteiger partial charge in [-0.1, -0.05) is 53.9 Å². The molecule has 3 amide bonds.